The van der Waals surface area contributed by atoms with Gasteiger partial charge in [0.05, 0.1) is 5.52 Å². The Kier molecular flexibility index (Phi) is 4.59. The summed E-state index contributed by atoms with van der Waals surface area (Å²) in [5.41, 5.74) is 1.91. The van der Waals surface area contributed by atoms with Crippen molar-refractivity contribution in [2.24, 2.45) is 5.92 Å². The van der Waals surface area contributed by atoms with Crippen molar-refractivity contribution >= 4 is 29.2 Å². The maximum absolute atomic E-state index is 12.5. The second-order valence-corrected chi connectivity index (χ2v) is 6.26. The first-order valence-electron chi connectivity index (χ1n) is 7.72. The van der Waals surface area contributed by atoms with E-state index in [0.717, 1.165) is 31.2 Å². The van der Waals surface area contributed by atoms with Gasteiger partial charge in [0.25, 0.3) is 10.7 Å². The van der Waals surface area contributed by atoms with Crippen LogP contribution in [-0.2, 0) is 0 Å². The highest BCUT2D eigenvalue weighted by Crippen LogP contribution is 2.24. The number of benzene rings is 1. The largest absolute Gasteiger partial charge is 0.429 e. The normalized spacial score (nSPS) is 22.4. The molecule has 0 bridgehead atoms. The van der Waals surface area contributed by atoms with Gasteiger partial charge in [0.2, 0.25) is 0 Å². The van der Waals surface area contributed by atoms with E-state index in [4.69, 9.17) is 16.6 Å². The van der Waals surface area contributed by atoms with Crippen molar-refractivity contribution < 1.29 is 14.3 Å². The molecule has 2 unspecified atom stereocenters. The SMILES string of the molecule is O=C(NC1CCCCCC1CO)c1ccc2[nH]c(=S)oc2c1. The number of amides is 1. The minimum atomic E-state index is -0.130. The van der Waals surface area contributed by atoms with Crippen LogP contribution in [0.1, 0.15) is 42.5 Å². The van der Waals surface area contributed by atoms with Crippen LogP contribution in [0.4, 0.5) is 0 Å². The van der Waals surface area contributed by atoms with Crippen LogP contribution in [0.2, 0.25) is 0 Å². The molecule has 0 radical (unpaired) electrons. The van der Waals surface area contributed by atoms with E-state index in [-0.39, 0.29) is 24.5 Å². The van der Waals surface area contributed by atoms with Crippen LogP contribution in [0.3, 0.4) is 0 Å². The molecule has 1 amide bonds. The first kappa shape index (κ1) is 15.2. The third-order valence-electron chi connectivity index (χ3n) is 4.39. The summed E-state index contributed by atoms with van der Waals surface area (Å²) in [6, 6.07) is 5.28. The van der Waals surface area contributed by atoms with E-state index in [2.05, 4.69) is 10.3 Å². The average Bonchev–Trinajstić information content (AvgIpc) is 2.73. The van der Waals surface area contributed by atoms with E-state index >= 15 is 0 Å². The summed E-state index contributed by atoms with van der Waals surface area (Å²) in [6.45, 7) is 0.121. The van der Waals surface area contributed by atoms with Crippen molar-refractivity contribution in [2.45, 2.75) is 38.1 Å². The van der Waals surface area contributed by atoms with Crippen molar-refractivity contribution in [3.8, 4) is 0 Å². The van der Waals surface area contributed by atoms with Gasteiger partial charge in [-0.3, -0.25) is 4.79 Å². The molecule has 6 heteroatoms. The lowest BCUT2D eigenvalue weighted by atomic mass is 9.95. The summed E-state index contributed by atoms with van der Waals surface area (Å²) in [7, 11) is 0. The predicted molar refractivity (Wildman–Crippen MR) is 86.3 cm³/mol. The molecule has 5 nitrogen and oxygen atoms in total. The highest BCUT2D eigenvalue weighted by atomic mass is 32.1. The molecule has 0 saturated heterocycles. The number of nitrogens with one attached hydrogen (secondary N) is 2. The van der Waals surface area contributed by atoms with Gasteiger partial charge in [0.15, 0.2) is 5.58 Å². The fourth-order valence-electron chi connectivity index (χ4n) is 3.13. The molecule has 0 spiro atoms. The molecule has 118 valence electrons. The van der Waals surface area contributed by atoms with Crippen molar-refractivity contribution in [2.75, 3.05) is 6.61 Å². The Morgan fingerprint density at radius 3 is 3.00 bits per heavy atom. The zero-order chi connectivity index (χ0) is 15.5. The fourth-order valence-corrected chi connectivity index (χ4v) is 3.33. The molecule has 3 N–H and O–H groups in total. The van der Waals surface area contributed by atoms with Crippen molar-refractivity contribution in [1.82, 2.24) is 10.3 Å². The van der Waals surface area contributed by atoms with E-state index in [1.54, 1.807) is 18.2 Å². The summed E-state index contributed by atoms with van der Waals surface area (Å²) in [5, 5.41) is 12.6. The van der Waals surface area contributed by atoms with Gasteiger partial charge < -0.3 is 19.8 Å². The van der Waals surface area contributed by atoms with E-state index in [1.165, 1.54) is 6.42 Å². The minimum absolute atomic E-state index is 0.0355. The van der Waals surface area contributed by atoms with E-state index < -0.39 is 0 Å². The van der Waals surface area contributed by atoms with Gasteiger partial charge in [-0.1, -0.05) is 19.3 Å². The van der Waals surface area contributed by atoms with Crippen LogP contribution in [0.5, 0.6) is 0 Å². The summed E-state index contributed by atoms with van der Waals surface area (Å²) in [5.74, 6) is 0.0148. The number of carbonyl (C=O) groups is 1. The summed E-state index contributed by atoms with van der Waals surface area (Å²) >= 11 is 4.95. The van der Waals surface area contributed by atoms with Crippen LogP contribution in [0, 0.1) is 10.8 Å². The third-order valence-corrected chi connectivity index (χ3v) is 4.58. The molecule has 1 aliphatic rings. The summed E-state index contributed by atoms with van der Waals surface area (Å²) < 4.78 is 5.35. The number of aromatic amines is 1. The zero-order valence-electron chi connectivity index (χ0n) is 12.3. The highest BCUT2D eigenvalue weighted by Gasteiger charge is 2.25. The first-order valence-corrected chi connectivity index (χ1v) is 8.13. The number of rotatable bonds is 3. The Labute approximate surface area is 133 Å². The molecule has 2 atom stereocenters. The summed E-state index contributed by atoms with van der Waals surface area (Å²) in [4.78, 5) is 15.7. The Morgan fingerprint density at radius 2 is 2.18 bits per heavy atom. The van der Waals surface area contributed by atoms with Crippen LogP contribution in [-0.4, -0.2) is 28.6 Å². The van der Waals surface area contributed by atoms with Crippen LogP contribution < -0.4 is 5.32 Å². The Hall–Kier alpha value is -1.66. The topological polar surface area (TPSA) is 78.3 Å². The van der Waals surface area contributed by atoms with Crippen molar-refractivity contribution in [3.05, 3.63) is 28.6 Å². The number of aliphatic hydroxyl groups excluding tert-OH is 1. The smallest absolute Gasteiger partial charge is 0.266 e. The molecular weight excluding hydrogens is 300 g/mol. The fraction of sp³-hybridized carbons (Fsp3) is 0.500. The van der Waals surface area contributed by atoms with E-state index in [1.807, 2.05) is 0 Å². The minimum Gasteiger partial charge on any atom is -0.429 e. The molecule has 3 rings (SSSR count). The van der Waals surface area contributed by atoms with Gasteiger partial charge in [-0.15, -0.1) is 0 Å². The van der Waals surface area contributed by atoms with Gasteiger partial charge >= 0.3 is 0 Å². The Balaban J connectivity index is 1.77. The second-order valence-electron chi connectivity index (χ2n) is 5.89. The molecular formula is C16H20N2O3S. The number of hydrogen-bond acceptors (Lipinski definition) is 4. The molecule has 1 aromatic carbocycles. The molecule has 1 fully saturated rings. The van der Waals surface area contributed by atoms with Crippen LogP contribution in [0.15, 0.2) is 22.6 Å². The van der Waals surface area contributed by atoms with E-state index in [0.29, 0.717) is 16.0 Å². The number of carbonyl (C=O) groups excluding carboxylic acids is 1. The molecule has 22 heavy (non-hydrogen) atoms. The average molecular weight is 320 g/mol. The number of oxazole rings is 1. The van der Waals surface area contributed by atoms with Gasteiger partial charge in [-0.2, -0.15) is 0 Å². The molecule has 1 saturated carbocycles. The standard InChI is InChI=1S/C16H20N2O3S/c19-9-11-4-2-1-3-5-12(11)17-15(20)10-6-7-13-14(8-10)21-16(22)18-13/h6-8,11-12,19H,1-5,9H2,(H,17,20)(H,18,22). The zero-order valence-corrected chi connectivity index (χ0v) is 13.1. The third kappa shape index (κ3) is 3.23. The predicted octanol–water partition coefficient (Wildman–Crippen LogP) is 3.16. The van der Waals surface area contributed by atoms with Gasteiger partial charge in [-0.25, -0.2) is 0 Å². The lowest BCUT2D eigenvalue weighted by Gasteiger charge is -2.24. The van der Waals surface area contributed by atoms with Crippen LogP contribution in [0.25, 0.3) is 11.1 Å². The molecule has 0 aliphatic heterocycles. The first-order chi connectivity index (χ1) is 10.7. The number of H-pyrrole nitrogens is 1. The molecule has 1 aliphatic carbocycles. The van der Waals surface area contributed by atoms with E-state index in [9.17, 15) is 9.90 Å². The van der Waals surface area contributed by atoms with Crippen molar-refractivity contribution in [1.29, 1.82) is 0 Å². The molecule has 2 aromatic rings. The Morgan fingerprint density at radius 1 is 1.36 bits per heavy atom. The number of hydrogen-bond donors (Lipinski definition) is 3. The van der Waals surface area contributed by atoms with Gasteiger partial charge in [0, 0.05) is 24.1 Å². The molecule has 1 aromatic heterocycles. The molecule has 1 heterocycles. The maximum atomic E-state index is 12.5. The quantitative estimate of drug-likeness (QED) is 0.599. The van der Waals surface area contributed by atoms with Crippen LogP contribution >= 0.6 is 12.2 Å². The highest BCUT2D eigenvalue weighted by molar-refractivity contribution is 7.71. The Bertz CT molecular complexity index is 721. The number of aliphatic hydroxyl groups is 1. The number of aromatic nitrogens is 1. The van der Waals surface area contributed by atoms with Crippen molar-refractivity contribution in [3.63, 3.8) is 0 Å². The lowest BCUT2D eigenvalue weighted by molar-refractivity contribution is 0.0899. The maximum Gasteiger partial charge on any atom is 0.266 e. The van der Waals surface area contributed by atoms with Gasteiger partial charge in [0.1, 0.15) is 0 Å². The summed E-state index contributed by atoms with van der Waals surface area (Å²) in [6.07, 6.45) is 5.26. The lowest BCUT2D eigenvalue weighted by Crippen LogP contribution is -2.41. The van der Waals surface area contributed by atoms with Gasteiger partial charge in [-0.05, 0) is 43.3 Å². The monoisotopic (exact) mass is 320 g/mol. The number of fused-ring (bicyclic) bond motifs is 1. The second kappa shape index (κ2) is 6.62.